The molecule has 0 fully saturated rings. The molecule has 2 aromatic rings. The molecule has 0 aliphatic heterocycles. The van der Waals surface area contributed by atoms with Crippen LogP contribution in [0.2, 0.25) is 5.15 Å². The summed E-state index contributed by atoms with van der Waals surface area (Å²) in [5.41, 5.74) is 1.98. The number of nitrogens with zero attached hydrogens (tertiary/aromatic N) is 2. The molecule has 0 amide bonds. The third-order valence-corrected chi connectivity index (χ3v) is 2.46. The smallest absolute Gasteiger partial charge is 0.151 e. The van der Waals surface area contributed by atoms with Crippen molar-refractivity contribution in [3.05, 3.63) is 35.2 Å². The first-order chi connectivity index (χ1) is 6.50. The first-order valence-corrected chi connectivity index (χ1v) is 5.01. The molecule has 14 heavy (non-hydrogen) atoms. The lowest BCUT2D eigenvalue weighted by atomic mass is 9.93. The van der Waals surface area contributed by atoms with E-state index in [9.17, 15) is 0 Å². The van der Waals surface area contributed by atoms with E-state index in [0.29, 0.717) is 5.15 Å². The van der Waals surface area contributed by atoms with Gasteiger partial charge in [0.1, 0.15) is 5.65 Å². The predicted octanol–water partition coefficient (Wildman–Crippen LogP) is 3.29. The molecule has 0 N–H and O–H groups in total. The van der Waals surface area contributed by atoms with Crippen LogP contribution in [0, 0.1) is 0 Å². The van der Waals surface area contributed by atoms with E-state index < -0.39 is 0 Å². The molecule has 0 spiro atoms. The first-order valence-electron chi connectivity index (χ1n) is 4.63. The SMILES string of the molecule is CC(C)(C)c1c(Cl)nc2ccccn12. The average Bonchev–Trinajstić information content (AvgIpc) is 2.38. The Kier molecular flexibility index (Phi) is 2.04. The zero-order valence-electron chi connectivity index (χ0n) is 8.58. The molecule has 0 radical (unpaired) electrons. The molecule has 2 heterocycles. The number of halogens is 1. The van der Waals surface area contributed by atoms with E-state index in [-0.39, 0.29) is 5.41 Å². The van der Waals surface area contributed by atoms with Crippen LogP contribution in [0.25, 0.3) is 5.65 Å². The third-order valence-electron chi connectivity index (χ3n) is 2.20. The Morgan fingerprint density at radius 2 is 2.00 bits per heavy atom. The van der Waals surface area contributed by atoms with Crippen LogP contribution in [0.5, 0.6) is 0 Å². The summed E-state index contributed by atoms with van der Waals surface area (Å²) in [6.45, 7) is 6.40. The second kappa shape index (κ2) is 2.99. The van der Waals surface area contributed by atoms with E-state index in [0.717, 1.165) is 11.3 Å². The molecule has 0 aromatic carbocycles. The Labute approximate surface area is 88.5 Å². The first kappa shape index (κ1) is 9.53. The van der Waals surface area contributed by atoms with Crippen LogP contribution in [-0.2, 0) is 5.41 Å². The molecule has 0 aliphatic rings. The van der Waals surface area contributed by atoms with Crippen LogP contribution in [0.1, 0.15) is 26.5 Å². The van der Waals surface area contributed by atoms with E-state index in [1.165, 1.54) is 0 Å². The number of pyridine rings is 1. The normalized spacial score (nSPS) is 12.3. The van der Waals surface area contributed by atoms with Crippen LogP contribution in [-0.4, -0.2) is 9.38 Å². The van der Waals surface area contributed by atoms with Gasteiger partial charge in [0.2, 0.25) is 0 Å². The summed E-state index contributed by atoms with van der Waals surface area (Å²) in [7, 11) is 0. The van der Waals surface area contributed by atoms with Gasteiger partial charge in [-0.05, 0) is 12.1 Å². The second-order valence-corrected chi connectivity index (χ2v) is 4.79. The summed E-state index contributed by atoms with van der Waals surface area (Å²) in [6, 6.07) is 5.91. The van der Waals surface area contributed by atoms with Crippen LogP contribution in [0.3, 0.4) is 0 Å². The Hall–Kier alpha value is -1.02. The van der Waals surface area contributed by atoms with E-state index in [4.69, 9.17) is 11.6 Å². The molecule has 2 nitrogen and oxygen atoms in total. The fourth-order valence-corrected chi connectivity index (χ4v) is 2.10. The van der Waals surface area contributed by atoms with Gasteiger partial charge in [-0.3, -0.25) is 0 Å². The zero-order chi connectivity index (χ0) is 10.3. The maximum atomic E-state index is 6.12. The van der Waals surface area contributed by atoms with Crippen molar-refractivity contribution >= 4 is 17.2 Å². The van der Waals surface area contributed by atoms with Crippen molar-refractivity contribution < 1.29 is 0 Å². The number of hydrogen-bond donors (Lipinski definition) is 0. The fraction of sp³-hybridized carbons (Fsp3) is 0.364. The van der Waals surface area contributed by atoms with Gasteiger partial charge in [0, 0.05) is 11.6 Å². The lowest BCUT2D eigenvalue weighted by Crippen LogP contribution is -2.14. The number of rotatable bonds is 0. The summed E-state index contributed by atoms with van der Waals surface area (Å²) in [6.07, 6.45) is 1.99. The van der Waals surface area contributed by atoms with Crippen molar-refractivity contribution in [3.8, 4) is 0 Å². The number of hydrogen-bond acceptors (Lipinski definition) is 1. The number of aromatic nitrogens is 2. The Bertz CT molecular complexity index is 466. The minimum absolute atomic E-state index is 0.0118. The molecule has 0 unspecified atom stereocenters. The van der Waals surface area contributed by atoms with Gasteiger partial charge in [-0.1, -0.05) is 38.4 Å². The van der Waals surface area contributed by atoms with Gasteiger partial charge in [-0.25, -0.2) is 4.98 Å². The van der Waals surface area contributed by atoms with E-state index in [1.807, 2.05) is 28.8 Å². The van der Waals surface area contributed by atoms with Gasteiger partial charge in [0.25, 0.3) is 0 Å². The molecule has 0 aliphatic carbocycles. The summed E-state index contributed by atoms with van der Waals surface area (Å²) < 4.78 is 2.04. The Morgan fingerprint density at radius 3 is 2.64 bits per heavy atom. The molecule has 74 valence electrons. The topological polar surface area (TPSA) is 17.3 Å². The Morgan fingerprint density at radius 1 is 1.29 bits per heavy atom. The molecular formula is C11H13ClN2. The van der Waals surface area contributed by atoms with Crippen molar-refractivity contribution in [1.29, 1.82) is 0 Å². The van der Waals surface area contributed by atoms with Crippen molar-refractivity contribution in [2.45, 2.75) is 26.2 Å². The van der Waals surface area contributed by atoms with Gasteiger partial charge in [0.15, 0.2) is 5.15 Å². The minimum atomic E-state index is 0.0118. The van der Waals surface area contributed by atoms with Crippen LogP contribution >= 0.6 is 11.6 Å². The predicted molar refractivity (Wildman–Crippen MR) is 58.9 cm³/mol. The minimum Gasteiger partial charge on any atom is -0.302 e. The van der Waals surface area contributed by atoms with Gasteiger partial charge in [0.05, 0.1) is 5.69 Å². The molecular weight excluding hydrogens is 196 g/mol. The fourth-order valence-electron chi connectivity index (χ4n) is 1.64. The van der Waals surface area contributed by atoms with Crippen LogP contribution < -0.4 is 0 Å². The quantitative estimate of drug-likeness (QED) is 0.650. The highest BCUT2D eigenvalue weighted by Crippen LogP contribution is 2.29. The largest absolute Gasteiger partial charge is 0.302 e. The van der Waals surface area contributed by atoms with E-state index in [1.54, 1.807) is 0 Å². The highest BCUT2D eigenvalue weighted by molar-refractivity contribution is 6.30. The second-order valence-electron chi connectivity index (χ2n) is 4.43. The zero-order valence-corrected chi connectivity index (χ0v) is 9.34. The summed E-state index contributed by atoms with van der Waals surface area (Å²) in [5, 5.41) is 0.601. The molecule has 3 heteroatoms. The Balaban J connectivity index is 2.81. The van der Waals surface area contributed by atoms with Crippen molar-refractivity contribution in [2.75, 3.05) is 0 Å². The van der Waals surface area contributed by atoms with E-state index >= 15 is 0 Å². The van der Waals surface area contributed by atoms with Gasteiger partial charge < -0.3 is 4.40 Å². The highest BCUT2D eigenvalue weighted by Gasteiger charge is 2.22. The maximum absolute atomic E-state index is 6.12. The standard InChI is InChI=1S/C11H13ClN2/c1-11(2,3)9-10(12)13-8-6-4-5-7-14(8)9/h4-7H,1-3H3. The van der Waals surface area contributed by atoms with Crippen LogP contribution in [0.4, 0.5) is 0 Å². The highest BCUT2D eigenvalue weighted by atomic mass is 35.5. The van der Waals surface area contributed by atoms with E-state index in [2.05, 4.69) is 25.8 Å². The lowest BCUT2D eigenvalue weighted by molar-refractivity contribution is 0.564. The molecule has 0 saturated carbocycles. The van der Waals surface area contributed by atoms with Gasteiger partial charge in [-0.2, -0.15) is 0 Å². The average molecular weight is 209 g/mol. The van der Waals surface area contributed by atoms with Gasteiger partial charge >= 0.3 is 0 Å². The maximum Gasteiger partial charge on any atom is 0.151 e. The summed E-state index contributed by atoms with van der Waals surface area (Å²) in [5.74, 6) is 0. The lowest BCUT2D eigenvalue weighted by Gasteiger charge is -2.18. The van der Waals surface area contributed by atoms with Gasteiger partial charge in [-0.15, -0.1) is 0 Å². The molecule has 0 atom stereocenters. The monoisotopic (exact) mass is 208 g/mol. The number of fused-ring (bicyclic) bond motifs is 1. The van der Waals surface area contributed by atoms with Crippen LogP contribution in [0.15, 0.2) is 24.4 Å². The summed E-state index contributed by atoms with van der Waals surface area (Å²) >= 11 is 6.12. The third kappa shape index (κ3) is 1.40. The molecule has 2 aromatic heterocycles. The summed E-state index contributed by atoms with van der Waals surface area (Å²) in [4.78, 5) is 4.31. The molecule has 0 bridgehead atoms. The molecule has 2 rings (SSSR count). The van der Waals surface area contributed by atoms with Crippen molar-refractivity contribution in [1.82, 2.24) is 9.38 Å². The number of imidazole rings is 1. The van der Waals surface area contributed by atoms with Crippen molar-refractivity contribution in [3.63, 3.8) is 0 Å². The molecule has 0 saturated heterocycles. The van der Waals surface area contributed by atoms with Crippen molar-refractivity contribution in [2.24, 2.45) is 0 Å².